The van der Waals surface area contributed by atoms with Gasteiger partial charge in [0.25, 0.3) is 10.0 Å². The standard InChI is InChI=1S/C22H19NO3S.U/c1-2-10-17-11-6-7-14-19(17)22(24)20-15-8-9-16-21(20)23-27(25,26)18-12-4-3-5-13-18;/h3-9,12-16,23H,1-2,10H2;/q-2;+2. The van der Waals surface area contributed by atoms with Gasteiger partial charge >= 0.3 is 31.1 Å². The molecule has 6 heteroatoms. The Kier molecular flexibility index (Phi) is 8.06. The van der Waals surface area contributed by atoms with Crippen molar-refractivity contribution in [3.05, 3.63) is 102 Å². The number of nitrogens with one attached hydrogen (secondary N) is 1. The van der Waals surface area contributed by atoms with Crippen LogP contribution in [0.15, 0.2) is 77.7 Å². The van der Waals surface area contributed by atoms with Crippen LogP contribution in [0.2, 0.25) is 0 Å². The van der Waals surface area contributed by atoms with E-state index < -0.39 is 10.0 Å². The van der Waals surface area contributed by atoms with E-state index in [0.29, 0.717) is 24.0 Å². The molecule has 0 saturated carbocycles. The van der Waals surface area contributed by atoms with Gasteiger partial charge in [-0.15, -0.1) is 0 Å². The zero-order valence-electron chi connectivity index (χ0n) is 15.2. The Balaban J connectivity index is 0.00000280. The van der Waals surface area contributed by atoms with Crippen LogP contribution in [0.25, 0.3) is 0 Å². The Bertz CT molecular complexity index is 1050. The molecule has 0 spiro atoms. The van der Waals surface area contributed by atoms with E-state index in [1.54, 1.807) is 60.7 Å². The second-order valence-electron chi connectivity index (χ2n) is 5.96. The molecule has 0 radical (unpaired) electrons. The van der Waals surface area contributed by atoms with Gasteiger partial charge in [-0.3, -0.25) is 4.72 Å². The number of anilines is 1. The van der Waals surface area contributed by atoms with E-state index in [1.807, 2.05) is 0 Å². The molecule has 0 aliphatic heterocycles. The number of carbonyl (C=O) groups is 1. The van der Waals surface area contributed by atoms with Crippen LogP contribution < -0.4 is 4.72 Å². The molecule has 0 aromatic heterocycles. The molecule has 0 fully saturated rings. The molecule has 0 saturated heterocycles. The number of ketones is 1. The SMILES string of the molecule is [CH2-]CCc1[c-]cccc1C(=O)c1ccccc1NS(=O)(=O)c1ccccc1.[U+2]. The molecule has 0 aliphatic carbocycles. The summed E-state index contributed by atoms with van der Waals surface area (Å²) in [6.45, 7) is 3.83. The van der Waals surface area contributed by atoms with Gasteiger partial charge in [-0.25, -0.2) is 8.42 Å². The zero-order chi connectivity index (χ0) is 19.3. The number of carbonyl (C=O) groups excluding carboxylic acids is 1. The summed E-state index contributed by atoms with van der Waals surface area (Å²) in [6.07, 6.45) is 1.27. The molecule has 28 heavy (non-hydrogen) atoms. The second kappa shape index (κ2) is 10.1. The molecule has 3 aromatic rings. The van der Waals surface area contributed by atoms with Gasteiger partial charge in [0.15, 0.2) is 0 Å². The van der Waals surface area contributed by atoms with Gasteiger partial charge in [0.05, 0.1) is 10.6 Å². The van der Waals surface area contributed by atoms with Crippen LogP contribution in [0.1, 0.15) is 27.9 Å². The van der Waals surface area contributed by atoms with Gasteiger partial charge in [-0.1, -0.05) is 48.4 Å². The number of rotatable bonds is 7. The molecule has 1 N–H and O–H groups in total. The molecule has 0 unspecified atom stereocenters. The third kappa shape index (κ3) is 5.14. The van der Waals surface area contributed by atoms with E-state index in [0.717, 1.165) is 5.56 Å². The third-order valence-corrected chi connectivity index (χ3v) is 5.46. The number of sulfonamides is 1. The van der Waals surface area contributed by atoms with Gasteiger partial charge in [0, 0.05) is 5.56 Å². The fourth-order valence-electron chi connectivity index (χ4n) is 2.79. The summed E-state index contributed by atoms with van der Waals surface area (Å²) in [4.78, 5) is 13.2. The van der Waals surface area contributed by atoms with Crippen LogP contribution in [-0.2, 0) is 16.4 Å². The Morgan fingerprint density at radius 2 is 1.57 bits per heavy atom. The Labute approximate surface area is 189 Å². The van der Waals surface area contributed by atoms with E-state index in [4.69, 9.17) is 0 Å². The molecule has 0 bridgehead atoms. The summed E-state index contributed by atoms with van der Waals surface area (Å²) >= 11 is 0. The topological polar surface area (TPSA) is 63.2 Å². The number of hydrogen-bond donors (Lipinski definition) is 1. The molecule has 140 valence electrons. The van der Waals surface area contributed by atoms with Gasteiger partial charge in [-0.2, -0.15) is 36.2 Å². The second-order valence-corrected chi connectivity index (χ2v) is 7.64. The monoisotopic (exact) mass is 615 g/mol. The summed E-state index contributed by atoms with van der Waals surface area (Å²) in [5, 5.41) is 0. The molecule has 0 aliphatic rings. The first kappa shape index (κ1) is 22.4. The van der Waals surface area contributed by atoms with Crippen molar-refractivity contribution in [2.75, 3.05) is 4.72 Å². The molecule has 0 atom stereocenters. The maximum absolute atomic E-state index is 13.1. The van der Waals surface area contributed by atoms with Crippen LogP contribution in [0.5, 0.6) is 0 Å². The van der Waals surface area contributed by atoms with E-state index in [2.05, 4.69) is 17.7 Å². The summed E-state index contributed by atoms with van der Waals surface area (Å²) in [5.41, 5.74) is 1.82. The number of para-hydroxylation sites is 1. The van der Waals surface area contributed by atoms with Crippen molar-refractivity contribution in [1.29, 1.82) is 0 Å². The van der Waals surface area contributed by atoms with Crippen LogP contribution in [0.4, 0.5) is 5.69 Å². The summed E-state index contributed by atoms with van der Waals surface area (Å²) in [7, 11) is -3.79. The number of hydrogen-bond acceptors (Lipinski definition) is 3. The first-order valence-corrected chi connectivity index (χ1v) is 10.0. The number of benzene rings is 3. The molecular formula is C22H19NO3SU. The molecular weight excluding hydrogens is 596 g/mol. The molecule has 0 heterocycles. The Morgan fingerprint density at radius 3 is 2.29 bits per heavy atom. The minimum atomic E-state index is -3.79. The van der Waals surface area contributed by atoms with Gasteiger partial charge in [0.2, 0.25) is 0 Å². The maximum Gasteiger partial charge on any atom is 2.00 e. The first-order valence-electron chi connectivity index (χ1n) is 8.53. The smallest absolute Gasteiger partial charge is 0.343 e. The predicted octanol–water partition coefficient (Wildman–Crippen LogP) is 4.29. The van der Waals surface area contributed by atoms with Crippen LogP contribution >= 0.6 is 0 Å². The van der Waals surface area contributed by atoms with Crippen molar-refractivity contribution >= 4 is 21.5 Å². The fourth-order valence-corrected chi connectivity index (χ4v) is 3.89. The molecule has 4 nitrogen and oxygen atoms in total. The summed E-state index contributed by atoms with van der Waals surface area (Å²) in [5.74, 6) is -0.248. The van der Waals surface area contributed by atoms with Crippen molar-refractivity contribution in [3.8, 4) is 0 Å². The van der Waals surface area contributed by atoms with E-state index in [1.165, 1.54) is 12.1 Å². The minimum Gasteiger partial charge on any atom is -0.343 e. The zero-order valence-corrected chi connectivity index (χ0v) is 20.2. The van der Waals surface area contributed by atoms with Gasteiger partial charge < -0.3 is 11.7 Å². The van der Waals surface area contributed by atoms with E-state index in [9.17, 15) is 13.2 Å². The van der Waals surface area contributed by atoms with Crippen molar-refractivity contribution in [1.82, 2.24) is 0 Å². The van der Waals surface area contributed by atoms with Crippen molar-refractivity contribution in [2.24, 2.45) is 0 Å². The largest absolute Gasteiger partial charge is 2.00 e. The molecule has 3 rings (SSSR count). The minimum absolute atomic E-state index is 0. The average Bonchev–Trinajstić information content (AvgIpc) is 2.69. The van der Waals surface area contributed by atoms with Crippen LogP contribution in [-0.4, -0.2) is 14.2 Å². The van der Waals surface area contributed by atoms with Crippen molar-refractivity contribution in [3.63, 3.8) is 0 Å². The van der Waals surface area contributed by atoms with Gasteiger partial charge in [-0.05, 0) is 18.2 Å². The van der Waals surface area contributed by atoms with E-state index in [-0.39, 0.29) is 47.5 Å². The summed E-state index contributed by atoms with van der Waals surface area (Å²) in [6, 6.07) is 23.0. The molecule has 3 aromatic carbocycles. The van der Waals surface area contributed by atoms with Crippen LogP contribution in [0, 0.1) is 44.1 Å². The predicted molar refractivity (Wildman–Crippen MR) is 106 cm³/mol. The van der Waals surface area contributed by atoms with Gasteiger partial charge in [0.1, 0.15) is 5.78 Å². The first-order chi connectivity index (χ1) is 13.0. The average molecular weight is 615 g/mol. The summed E-state index contributed by atoms with van der Waals surface area (Å²) < 4.78 is 27.8. The van der Waals surface area contributed by atoms with Crippen molar-refractivity contribution in [2.45, 2.75) is 17.7 Å². The fraction of sp³-hybridized carbons (Fsp3) is 0.0909. The quantitative estimate of drug-likeness (QED) is 0.319. The van der Waals surface area contributed by atoms with Crippen LogP contribution in [0.3, 0.4) is 0 Å². The maximum atomic E-state index is 13.1. The van der Waals surface area contributed by atoms with Crippen molar-refractivity contribution < 1.29 is 44.3 Å². The van der Waals surface area contributed by atoms with E-state index >= 15 is 0 Å². The molecule has 0 amide bonds. The Hall–Kier alpha value is -1.87. The normalized spacial score (nSPS) is 10.8. The number of aryl methyl sites for hydroxylation is 1. The third-order valence-electron chi connectivity index (χ3n) is 4.08. The Morgan fingerprint density at radius 1 is 0.929 bits per heavy atom.